The maximum Gasteiger partial charge on any atom is 0.259 e. The summed E-state index contributed by atoms with van der Waals surface area (Å²) in [4.78, 5) is 12.1. The van der Waals surface area contributed by atoms with Crippen LogP contribution in [0.3, 0.4) is 0 Å². The molecule has 2 rings (SSSR count). The molecule has 4 heteroatoms. The third-order valence-electron chi connectivity index (χ3n) is 3.81. The van der Waals surface area contributed by atoms with Crippen LogP contribution in [0.4, 0.5) is 0 Å². The third kappa shape index (κ3) is 2.28. The molecule has 98 valence electrons. The van der Waals surface area contributed by atoms with Gasteiger partial charge in [0.2, 0.25) is 0 Å². The highest BCUT2D eigenvalue weighted by Crippen LogP contribution is 2.37. The molecule has 0 aromatic heterocycles. The van der Waals surface area contributed by atoms with Gasteiger partial charge in [-0.15, -0.1) is 0 Å². The minimum absolute atomic E-state index is 0.0415. The summed E-state index contributed by atoms with van der Waals surface area (Å²) in [6.45, 7) is 4.24. The summed E-state index contributed by atoms with van der Waals surface area (Å²) in [5, 5.41) is 22.2. The molecule has 3 N–H and O–H groups in total. The molecule has 0 saturated heterocycles. The topological polar surface area (TPSA) is 69.6 Å². The lowest BCUT2D eigenvalue weighted by atomic mass is 9.87. The molecule has 0 aliphatic heterocycles. The van der Waals surface area contributed by atoms with E-state index in [1.165, 1.54) is 18.2 Å². The number of carbonyl (C=O) groups is 1. The molecule has 1 unspecified atom stereocenters. The monoisotopic (exact) mass is 249 g/mol. The normalized spacial score (nSPS) is 21.8. The van der Waals surface area contributed by atoms with Gasteiger partial charge in [-0.1, -0.05) is 26.3 Å². The molecule has 4 nitrogen and oxygen atoms in total. The quantitative estimate of drug-likeness (QED) is 0.753. The van der Waals surface area contributed by atoms with Crippen LogP contribution in [-0.4, -0.2) is 22.2 Å². The van der Waals surface area contributed by atoms with Crippen molar-refractivity contribution >= 4 is 5.91 Å². The zero-order valence-electron chi connectivity index (χ0n) is 10.7. The minimum atomic E-state index is -0.412. The van der Waals surface area contributed by atoms with Crippen LogP contribution in [0, 0.1) is 5.41 Å². The van der Waals surface area contributed by atoms with Gasteiger partial charge in [0.15, 0.2) is 0 Å². The average molecular weight is 249 g/mol. The first-order chi connectivity index (χ1) is 8.42. The lowest BCUT2D eigenvalue weighted by Gasteiger charge is -2.28. The molecule has 1 aromatic carbocycles. The second-order valence-corrected chi connectivity index (χ2v) is 5.58. The van der Waals surface area contributed by atoms with E-state index in [0.29, 0.717) is 0 Å². The zero-order valence-corrected chi connectivity index (χ0v) is 10.7. The molecule has 18 heavy (non-hydrogen) atoms. The van der Waals surface area contributed by atoms with Crippen molar-refractivity contribution in [1.82, 2.24) is 5.32 Å². The van der Waals surface area contributed by atoms with Gasteiger partial charge in [-0.2, -0.15) is 0 Å². The fraction of sp³-hybridized carbons (Fsp3) is 0.500. The molecule has 1 aliphatic carbocycles. The number of phenolic OH excluding ortho intramolecular Hbond substituents is 2. The fourth-order valence-electron chi connectivity index (χ4n) is 2.59. The van der Waals surface area contributed by atoms with Crippen molar-refractivity contribution in [3.8, 4) is 11.5 Å². The van der Waals surface area contributed by atoms with E-state index < -0.39 is 5.91 Å². The van der Waals surface area contributed by atoms with E-state index in [1.54, 1.807) is 0 Å². The van der Waals surface area contributed by atoms with Crippen molar-refractivity contribution in [2.24, 2.45) is 5.41 Å². The van der Waals surface area contributed by atoms with Crippen molar-refractivity contribution in [1.29, 1.82) is 0 Å². The smallest absolute Gasteiger partial charge is 0.259 e. The van der Waals surface area contributed by atoms with Crippen molar-refractivity contribution in [2.45, 2.75) is 39.2 Å². The summed E-state index contributed by atoms with van der Waals surface area (Å²) >= 11 is 0. The third-order valence-corrected chi connectivity index (χ3v) is 3.81. The SMILES string of the molecule is CC1(C)CCCC1NC(=O)c1c(O)cccc1O. The Bertz CT molecular complexity index is 448. The number of rotatable bonds is 2. The lowest BCUT2D eigenvalue weighted by Crippen LogP contribution is -2.41. The van der Waals surface area contributed by atoms with Crippen LogP contribution in [0.25, 0.3) is 0 Å². The van der Waals surface area contributed by atoms with E-state index in [9.17, 15) is 15.0 Å². The van der Waals surface area contributed by atoms with Crippen LogP contribution >= 0.6 is 0 Å². The highest BCUT2D eigenvalue weighted by molar-refractivity contribution is 5.99. The molecule has 1 amide bonds. The molecule has 1 atom stereocenters. The maximum absolute atomic E-state index is 12.1. The Hall–Kier alpha value is -1.71. The van der Waals surface area contributed by atoms with E-state index in [0.717, 1.165) is 19.3 Å². The number of hydrogen-bond acceptors (Lipinski definition) is 3. The number of benzene rings is 1. The van der Waals surface area contributed by atoms with Crippen molar-refractivity contribution in [3.63, 3.8) is 0 Å². The molecule has 1 aromatic rings. The number of carbonyl (C=O) groups excluding carboxylic acids is 1. The van der Waals surface area contributed by atoms with Gasteiger partial charge < -0.3 is 15.5 Å². The number of aromatic hydroxyl groups is 2. The standard InChI is InChI=1S/C14H19NO3/c1-14(2)8-4-7-11(14)15-13(18)12-9(16)5-3-6-10(12)17/h3,5-6,11,16-17H,4,7-8H2,1-2H3,(H,15,18). The van der Waals surface area contributed by atoms with Gasteiger partial charge in [-0.3, -0.25) is 4.79 Å². The number of hydrogen-bond donors (Lipinski definition) is 3. The Labute approximate surface area is 107 Å². The van der Waals surface area contributed by atoms with Gasteiger partial charge in [0.05, 0.1) is 0 Å². The molecule has 0 bridgehead atoms. The van der Waals surface area contributed by atoms with Gasteiger partial charge in [-0.25, -0.2) is 0 Å². The molecule has 0 radical (unpaired) electrons. The summed E-state index contributed by atoms with van der Waals surface area (Å²) in [6.07, 6.45) is 3.10. The lowest BCUT2D eigenvalue weighted by molar-refractivity contribution is 0.0904. The number of phenols is 2. The Balaban J connectivity index is 2.18. The molecule has 1 aliphatic rings. The number of amides is 1. The van der Waals surface area contributed by atoms with E-state index in [2.05, 4.69) is 19.2 Å². The minimum Gasteiger partial charge on any atom is -0.507 e. The van der Waals surface area contributed by atoms with Crippen molar-refractivity contribution in [2.75, 3.05) is 0 Å². The van der Waals surface area contributed by atoms with E-state index in [-0.39, 0.29) is 28.5 Å². The van der Waals surface area contributed by atoms with Gasteiger partial charge in [0, 0.05) is 6.04 Å². The summed E-state index contributed by atoms with van der Waals surface area (Å²) in [5.74, 6) is -0.794. The van der Waals surface area contributed by atoms with Gasteiger partial charge in [0.1, 0.15) is 17.1 Å². The Morgan fingerprint density at radius 3 is 2.44 bits per heavy atom. The van der Waals surface area contributed by atoms with Crippen molar-refractivity contribution < 1.29 is 15.0 Å². The summed E-state index contributed by atoms with van der Waals surface area (Å²) in [6, 6.07) is 4.38. The zero-order chi connectivity index (χ0) is 13.3. The van der Waals surface area contributed by atoms with Crippen LogP contribution in [0.1, 0.15) is 43.5 Å². The molecular formula is C14H19NO3. The molecule has 0 spiro atoms. The van der Waals surface area contributed by atoms with E-state index in [1.807, 2.05) is 0 Å². The number of nitrogens with one attached hydrogen (secondary N) is 1. The maximum atomic E-state index is 12.1. The predicted octanol–water partition coefficient (Wildman–Crippen LogP) is 2.41. The highest BCUT2D eigenvalue weighted by Gasteiger charge is 2.36. The predicted molar refractivity (Wildman–Crippen MR) is 68.7 cm³/mol. The summed E-state index contributed by atoms with van der Waals surface area (Å²) < 4.78 is 0. The second kappa shape index (κ2) is 4.52. The first kappa shape index (κ1) is 12.7. The van der Waals surface area contributed by atoms with Crippen LogP contribution in [0.5, 0.6) is 11.5 Å². The van der Waals surface area contributed by atoms with Gasteiger partial charge in [0.25, 0.3) is 5.91 Å². The largest absolute Gasteiger partial charge is 0.507 e. The summed E-state index contributed by atoms with van der Waals surface area (Å²) in [5.41, 5.74) is 0.0237. The summed E-state index contributed by atoms with van der Waals surface area (Å²) in [7, 11) is 0. The van der Waals surface area contributed by atoms with Crippen LogP contribution in [0.15, 0.2) is 18.2 Å². The van der Waals surface area contributed by atoms with Crippen LogP contribution in [0.2, 0.25) is 0 Å². The van der Waals surface area contributed by atoms with Gasteiger partial charge in [-0.05, 0) is 30.4 Å². The Morgan fingerprint density at radius 1 is 1.33 bits per heavy atom. The van der Waals surface area contributed by atoms with E-state index in [4.69, 9.17) is 0 Å². The van der Waals surface area contributed by atoms with Crippen LogP contribution < -0.4 is 5.32 Å². The van der Waals surface area contributed by atoms with E-state index >= 15 is 0 Å². The molecule has 0 heterocycles. The molecule has 1 fully saturated rings. The highest BCUT2D eigenvalue weighted by atomic mass is 16.3. The first-order valence-electron chi connectivity index (χ1n) is 6.23. The second-order valence-electron chi connectivity index (χ2n) is 5.58. The fourth-order valence-corrected chi connectivity index (χ4v) is 2.59. The van der Waals surface area contributed by atoms with Crippen LogP contribution in [-0.2, 0) is 0 Å². The average Bonchev–Trinajstić information content (AvgIpc) is 2.58. The molecule has 1 saturated carbocycles. The Kier molecular flexibility index (Phi) is 3.20. The molecular weight excluding hydrogens is 230 g/mol. The van der Waals surface area contributed by atoms with Crippen molar-refractivity contribution in [3.05, 3.63) is 23.8 Å². The Morgan fingerprint density at radius 2 is 1.94 bits per heavy atom. The van der Waals surface area contributed by atoms with Gasteiger partial charge >= 0.3 is 0 Å². The first-order valence-corrected chi connectivity index (χ1v) is 6.23.